The van der Waals surface area contributed by atoms with Gasteiger partial charge in [-0.25, -0.2) is 9.07 Å². The molecular weight excluding hydrogens is 457 g/mol. The number of fused-ring (bicyclic) bond motifs is 1. The van der Waals surface area contributed by atoms with Gasteiger partial charge < -0.3 is 9.88 Å². The molecule has 1 atom stereocenters. The lowest BCUT2D eigenvalue weighted by molar-refractivity contribution is 0.104. The van der Waals surface area contributed by atoms with Crippen molar-refractivity contribution in [3.05, 3.63) is 87.2 Å². The van der Waals surface area contributed by atoms with E-state index in [4.69, 9.17) is 0 Å². The molecule has 1 saturated heterocycles. The van der Waals surface area contributed by atoms with Crippen LogP contribution in [0.5, 0.6) is 0 Å². The van der Waals surface area contributed by atoms with E-state index in [2.05, 4.69) is 50.2 Å². The van der Waals surface area contributed by atoms with Crippen LogP contribution in [-0.4, -0.2) is 67.7 Å². The molecule has 188 valence electrons. The van der Waals surface area contributed by atoms with Gasteiger partial charge in [-0.05, 0) is 76.7 Å². The van der Waals surface area contributed by atoms with E-state index in [9.17, 15) is 9.18 Å². The summed E-state index contributed by atoms with van der Waals surface area (Å²) in [5.74, 6) is 0.326. The minimum atomic E-state index is -0.400. The maximum Gasteiger partial charge on any atom is 0.253 e. The van der Waals surface area contributed by atoms with Gasteiger partial charge in [0.1, 0.15) is 11.9 Å². The van der Waals surface area contributed by atoms with Crippen LogP contribution >= 0.6 is 0 Å². The van der Waals surface area contributed by atoms with Gasteiger partial charge in [0.05, 0.1) is 6.54 Å². The maximum absolute atomic E-state index is 13.5. The average Bonchev–Trinajstić information content (AvgIpc) is 3.34. The summed E-state index contributed by atoms with van der Waals surface area (Å²) in [6.45, 7) is 9.23. The number of hydrogen-bond donors (Lipinski definition) is 1. The fourth-order valence-corrected chi connectivity index (χ4v) is 5.04. The molecule has 0 spiro atoms. The Morgan fingerprint density at radius 2 is 1.75 bits per heavy atom. The average molecular weight is 490 g/mol. The Bertz CT molecular complexity index is 1370. The number of benzene rings is 2. The van der Waals surface area contributed by atoms with E-state index in [1.807, 2.05) is 18.2 Å². The van der Waals surface area contributed by atoms with E-state index in [0.29, 0.717) is 17.9 Å². The van der Waals surface area contributed by atoms with E-state index in [0.717, 1.165) is 62.0 Å². The Labute approximate surface area is 209 Å². The number of piperazine rings is 1. The highest BCUT2D eigenvalue weighted by Gasteiger charge is 2.32. The van der Waals surface area contributed by atoms with Crippen molar-refractivity contribution in [1.29, 1.82) is 0 Å². The number of nitrogens with zero attached hydrogens (tertiary/aromatic N) is 6. The van der Waals surface area contributed by atoms with Gasteiger partial charge in [0.15, 0.2) is 5.82 Å². The number of aryl methyl sites for hydroxylation is 1. The lowest BCUT2D eigenvalue weighted by Gasteiger charge is -2.38. The van der Waals surface area contributed by atoms with Crippen molar-refractivity contribution < 1.29 is 4.39 Å². The number of pyridine rings is 1. The number of aromatic nitrogens is 5. The van der Waals surface area contributed by atoms with E-state index in [1.54, 1.807) is 16.8 Å². The minimum absolute atomic E-state index is 0.135. The maximum atomic E-state index is 13.5. The standard InChI is InChI=1S/C27H32FN7O/c1-3-11-33-12-14-34(15-13-33)25(23-17-21-16-19(4-2)7-10-24(21)29-27(23)36)26-30-31-32-35(26)18-20-5-8-22(28)9-6-20/h5-10,16-17,25H,3-4,11-15,18H2,1-2H3,(H,29,36). The van der Waals surface area contributed by atoms with Crippen LogP contribution in [0.15, 0.2) is 53.3 Å². The van der Waals surface area contributed by atoms with Crippen molar-refractivity contribution in [1.82, 2.24) is 35.0 Å². The summed E-state index contributed by atoms with van der Waals surface area (Å²) >= 11 is 0. The van der Waals surface area contributed by atoms with E-state index in [-0.39, 0.29) is 11.4 Å². The highest BCUT2D eigenvalue weighted by molar-refractivity contribution is 5.80. The number of H-pyrrole nitrogens is 1. The molecule has 1 aliphatic rings. The van der Waals surface area contributed by atoms with Crippen LogP contribution in [0.1, 0.15) is 48.8 Å². The van der Waals surface area contributed by atoms with Crippen molar-refractivity contribution in [3.63, 3.8) is 0 Å². The second-order valence-electron chi connectivity index (χ2n) is 9.43. The van der Waals surface area contributed by atoms with Crippen LogP contribution in [0.3, 0.4) is 0 Å². The molecule has 0 saturated carbocycles. The van der Waals surface area contributed by atoms with Crippen molar-refractivity contribution >= 4 is 10.9 Å². The lowest BCUT2D eigenvalue weighted by atomic mass is 10.0. The molecule has 1 aliphatic heterocycles. The van der Waals surface area contributed by atoms with Gasteiger partial charge in [0.2, 0.25) is 0 Å². The summed E-state index contributed by atoms with van der Waals surface area (Å²) in [5.41, 5.74) is 3.42. The monoisotopic (exact) mass is 489 g/mol. The zero-order valence-corrected chi connectivity index (χ0v) is 20.8. The third-order valence-electron chi connectivity index (χ3n) is 7.00. The lowest BCUT2D eigenvalue weighted by Crippen LogP contribution is -2.49. The largest absolute Gasteiger partial charge is 0.322 e. The van der Waals surface area contributed by atoms with Gasteiger partial charge in [-0.3, -0.25) is 9.69 Å². The summed E-state index contributed by atoms with van der Waals surface area (Å²) in [6.07, 6.45) is 2.03. The SMILES string of the molecule is CCCN1CCN(C(c2cc3cc(CC)ccc3[nH]c2=O)c2nnnn2Cc2ccc(F)cc2)CC1. The van der Waals surface area contributed by atoms with Crippen molar-refractivity contribution in [2.45, 2.75) is 39.3 Å². The molecule has 2 aromatic heterocycles. The van der Waals surface area contributed by atoms with Crippen LogP contribution in [-0.2, 0) is 13.0 Å². The Morgan fingerprint density at radius 1 is 1.00 bits per heavy atom. The first-order valence-corrected chi connectivity index (χ1v) is 12.7. The zero-order valence-electron chi connectivity index (χ0n) is 20.8. The molecule has 1 fully saturated rings. The summed E-state index contributed by atoms with van der Waals surface area (Å²) in [7, 11) is 0. The normalized spacial score (nSPS) is 16.0. The smallest absolute Gasteiger partial charge is 0.253 e. The molecule has 8 nitrogen and oxygen atoms in total. The summed E-state index contributed by atoms with van der Waals surface area (Å²) in [6, 6.07) is 14.1. The first-order chi connectivity index (χ1) is 17.6. The summed E-state index contributed by atoms with van der Waals surface area (Å²) < 4.78 is 15.2. The molecule has 0 aliphatic carbocycles. The molecule has 1 N–H and O–H groups in total. The third-order valence-corrected chi connectivity index (χ3v) is 7.00. The van der Waals surface area contributed by atoms with E-state index >= 15 is 0 Å². The Balaban J connectivity index is 1.57. The van der Waals surface area contributed by atoms with Gasteiger partial charge >= 0.3 is 0 Å². The van der Waals surface area contributed by atoms with Gasteiger partial charge in [0, 0.05) is 37.3 Å². The van der Waals surface area contributed by atoms with Crippen LogP contribution in [0.4, 0.5) is 4.39 Å². The van der Waals surface area contributed by atoms with Crippen LogP contribution in [0.25, 0.3) is 10.9 Å². The molecule has 5 rings (SSSR count). The third kappa shape index (κ3) is 5.08. The van der Waals surface area contributed by atoms with Crippen LogP contribution in [0, 0.1) is 5.82 Å². The predicted octanol–water partition coefficient (Wildman–Crippen LogP) is 3.38. The van der Waals surface area contributed by atoms with Crippen molar-refractivity contribution in [3.8, 4) is 0 Å². The number of tetrazole rings is 1. The molecule has 4 aromatic rings. The summed E-state index contributed by atoms with van der Waals surface area (Å²) in [5, 5.41) is 13.6. The first kappa shape index (κ1) is 24.3. The minimum Gasteiger partial charge on any atom is -0.322 e. The second-order valence-corrected chi connectivity index (χ2v) is 9.43. The molecular formula is C27H32FN7O. The van der Waals surface area contributed by atoms with Crippen molar-refractivity contribution in [2.75, 3.05) is 32.7 Å². The molecule has 0 amide bonds. The van der Waals surface area contributed by atoms with Crippen LogP contribution < -0.4 is 5.56 Å². The van der Waals surface area contributed by atoms with E-state index in [1.165, 1.54) is 17.7 Å². The fraction of sp³-hybridized carbons (Fsp3) is 0.407. The molecule has 1 unspecified atom stereocenters. The molecule has 3 heterocycles. The second kappa shape index (κ2) is 10.7. The van der Waals surface area contributed by atoms with Gasteiger partial charge in [-0.2, -0.15) is 0 Å². The number of hydrogen-bond acceptors (Lipinski definition) is 6. The van der Waals surface area contributed by atoms with Gasteiger partial charge in [0.25, 0.3) is 5.56 Å². The molecule has 9 heteroatoms. The van der Waals surface area contributed by atoms with Crippen LogP contribution in [0.2, 0.25) is 0 Å². The Morgan fingerprint density at radius 3 is 2.47 bits per heavy atom. The zero-order chi connectivity index (χ0) is 25.1. The molecule has 0 radical (unpaired) electrons. The quantitative estimate of drug-likeness (QED) is 0.409. The number of rotatable bonds is 8. The van der Waals surface area contributed by atoms with Gasteiger partial charge in [-0.1, -0.05) is 32.0 Å². The molecule has 0 bridgehead atoms. The predicted molar refractivity (Wildman–Crippen MR) is 137 cm³/mol. The number of halogens is 1. The van der Waals surface area contributed by atoms with Crippen molar-refractivity contribution in [2.24, 2.45) is 0 Å². The molecule has 2 aromatic carbocycles. The molecule has 36 heavy (non-hydrogen) atoms. The van der Waals surface area contributed by atoms with E-state index < -0.39 is 6.04 Å². The Kier molecular flexibility index (Phi) is 7.20. The summed E-state index contributed by atoms with van der Waals surface area (Å²) in [4.78, 5) is 21.3. The van der Waals surface area contributed by atoms with Gasteiger partial charge in [-0.15, -0.1) is 5.10 Å². The number of aromatic amines is 1. The highest BCUT2D eigenvalue weighted by atomic mass is 19.1. The number of nitrogens with one attached hydrogen (secondary N) is 1. The first-order valence-electron chi connectivity index (χ1n) is 12.7. The Hall–Kier alpha value is -3.43. The highest BCUT2D eigenvalue weighted by Crippen LogP contribution is 2.28. The fourth-order valence-electron chi connectivity index (χ4n) is 5.04. The topological polar surface area (TPSA) is 82.9 Å².